The molecule has 0 aliphatic carbocycles. The smallest absolute Gasteiger partial charge is 0.230 e. The highest BCUT2D eigenvalue weighted by atomic mass is 16.2. The van der Waals surface area contributed by atoms with Gasteiger partial charge in [0.15, 0.2) is 5.82 Å². The van der Waals surface area contributed by atoms with Gasteiger partial charge in [0.25, 0.3) is 0 Å². The van der Waals surface area contributed by atoms with Crippen molar-refractivity contribution in [3.05, 3.63) is 66.2 Å². The Labute approximate surface area is 163 Å². The number of hydrogen-bond acceptors (Lipinski definition) is 5. The Morgan fingerprint density at radius 1 is 1.14 bits per heavy atom. The third kappa shape index (κ3) is 3.07. The molecule has 0 saturated carbocycles. The molecule has 2 saturated heterocycles. The number of benzene rings is 1. The summed E-state index contributed by atoms with van der Waals surface area (Å²) in [7, 11) is 0. The van der Waals surface area contributed by atoms with Gasteiger partial charge in [-0.15, -0.1) is 0 Å². The molecule has 142 valence electrons. The lowest BCUT2D eigenvalue weighted by Crippen LogP contribution is -2.35. The van der Waals surface area contributed by atoms with Gasteiger partial charge in [0.1, 0.15) is 5.82 Å². The molecule has 1 aromatic carbocycles. The molecular formula is C21H22N6O. The van der Waals surface area contributed by atoms with Crippen molar-refractivity contribution >= 4 is 5.91 Å². The summed E-state index contributed by atoms with van der Waals surface area (Å²) in [5.74, 6) is 2.22. The van der Waals surface area contributed by atoms with Crippen LogP contribution in [0.2, 0.25) is 0 Å². The highest BCUT2D eigenvalue weighted by molar-refractivity contribution is 5.79. The average Bonchev–Trinajstić information content (AvgIpc) is 3.45. The van der Waals surface area contributed by atoms with E-state index in [0.717, 1.165) is 25.2 Å². The van der Waals surface area contributed by atoms with Crippen LogP contribution >= 0.6 is 0 Å². The maximum atomic E-state index is 13.2. The van der Waals surface area contributed by atoms with Crippen LogP contribution in [0.4, 0.5) is 0 Å². The number of hydrogen-bond donors (Lipinski definition) is 2. The predicted molar refractivity (Wildman–Crippen MR) is 104 cm³/mol. The van der Waals surface area contributed by atoms with Crippen LogP contribution in [0, 0.1) is 11.8 Å². The van der Waals surface area contributed by atoms with Gasteiger partial charge in [-0.05, 0) is 23.6 Å². The molecule has 2 fully saturated rings. The van der Waals surface area contributed by atoms with Crippen LogP contribution in [0.5, 0.6) is 0 Å². The van der Waals surface area contributed by atoms with Gasteiger partial charge in [0, 0.05) is 43.5 Å². The molecule has 2 aromatic heterocycles. The fourth-order valence-corrected chi connectivity index (χ4v) is 4.50. The summed E-state index contributed by atoms with van der Waals surface area (Å²) in [6, 6.07) is 14.2. The van der Waals surface area contributed by atoms with Crippen molar-refractivity contribution in [2.24, 2.45) is 11.8 Å². The second kappa shape index (κ2) is 7.16. The number of rotatable bonds is 4. The Morgan fingerprint density at radius 3 is 2.86 bits per heavy atom. The van der Waals surface area contributed by atoms with Gasteiger partial charge < -0.3 is 10.2 Å². The van der Waals surface area contributed by atoms with E-state index in [-0.39, 0.29) is 18.4 Å². The first kappa shape index (κ1) is 17.1. The fraction of sp³-hybridized carbons (Fsp3) is 0.333. The van der Waals surface area contributed by atoms with Crippen molar-refractivity contribution in [1.82, 2.24) is 30.4 Å². The van der Waals surface area contributed by atoms with Gasteiger partial charge in [0.05, 0.1) is 12.5 Å². The van der Waals surface area contributed by atoms with Crippen LogP contribution < -0.4 is 5.32 Å². The van der Waals surface area contributed by atoms with E-state index in [2.05, 4.69) is 37.6 Å². The number of carbonyl (C=O) groups excluding carboxylic acids is 1. The van der Waals surface area contributed by atoms with Crippen molar-refractivity contribution < 1.29 is 4.79 Å². The lowest BCUT2D eigenvalue weighted by atomic mass is 9.89. The van der Waals surface area contributed by atoms with Crippen molar-refractivity contribution in [2.75, 3.05) is 19.6 Å². The van der Waals surface area contributed by atoms with E-state index in [1.807, 2.05) is 35.2 Å². The standard InChI is InChI=1S/C21H22N6O/c28-19(9-18-24-21(26-25-18)15-7-4-8-22-10-15)27-13-16-11-23-12-17(16)20(27)14-5-2-1-3-6-14/h1-8,10,16-17,20,23H,9,11-13H2,(H,24,25,26)/t16-,17-,20+/m0/s1. The van der Waals surface area contributed by atoms with Gasteiger partial charge in [0.2, 0.25) is 5.91 Å². The van der Waals surface area contributed by atoms with Crippen LogP contribution in [-0.4, -0.2) is 50.6 Å². The number of fused-ring (bicyclic) bond motifs is 1. The lowest BCUT2D eigenvalue weighted by Gasteiger charge is -2.28. The molecule has 7 heteroatoms. The average molecular weight is 374 g/mol. The maximum Gasteiger partial charge on any atom is 0.230 e. The largest absolute Gasteiger partial charge is 0.335 e. The molecule has 3 aromatic rings. The molecule has 0 bridgehead atoms. The molecule has 2 N–H and O–H groups in total. The van der Waals surface area contributed by atoms with E-state index in [1.54, 1.807) is 12.4 Å². The number of H-pyrrole nitrogens is 1. The summed E-state index contributed by atoms with van der Waals surface area (Å²) in [6.45, 7) is 2.73. The van der Waals surface area contributed by atoms with Gasteiger partial charge in [-0.1, -0.05) is 30.3 Å². The van der Waals surface area contributed by atoms with E-state index < -0.39 is 0 Å². The van der Waals surface area contributed by atoms with Crippen LogP contribution in [0.1, 0.15) is 17.4 Å². The van der Waals surface area contributed by atoms with Crippen molar-refractivity contribution in [3.8, 4) is 11.4 Å². The zero-order valence-electron chi connectivity index (χ0n) is 15.5. The summed E-state index contributed by atoms with van der Waals surface area (Å²) >= 11 is 0. The molecule has 0 unspecified atom stereocenters. The third-order valence-electron chi connectivity index (χ3n) is 5.80. The Bertz CT molecular complexity index is 957. The predicted octanol–water partition coefficient (Wildman–Crippen LogP) is 1.83. The summed E-state index contributed by atoms with van der Waals surface area (Å²) in [4.78, 5) is 23.8. The van der Waals surface area contributed by atoms with Gasteiger partial charge >= 0.3 is 0 Å². The number of amides is 1. The van der Waals surface area contributed by atoms with Crippen LogP contribution in [0.3, 0.4) is 0 Å². The van der Waals surface area contributed by atoms with Crippen LogP contribution in [-0.2, 0) is 11.2 Å². The van der Waals surface area contributed by atoms with E-state index >= 15 is 0 Å². The molecule has 0 spiro atoms. The summed E-state index contributed by atoms with van der Waals surface area (Å²) in [5.41, 5.74) is 2.04. The Hall–Kier alpha value is -3.06. The zero-order chi connectivity index (χ0) is 18.9. The van der Waals surface area contributed by atoms with E-state index in [0.29, 0.717) is 23.5 Å². The molecule has 7 nitrogen and oxygen atoms in total. The SMILES string of the molecule is O=C(Cc1nc(-c2cccnc2)n[nH]1)N1C[C@@H]2CNC[C@@H]2[C@H]1c1ccccc1. The molecule has 2 aliphatic rings. The minimum Gasteiger partial charge on any atom is -0.335 e. The first-order valence-corrected chi connectivity index (χ1v) is 9.66. The van der Waals surface area contributed by atoms with Crippen molar-refractivity contribution in [3.63, 3.8) is 0 Å². The molecule has 4 heterocycles. The Morgan fingerprint density at radius 2 is 2.04 bits per heavy atom. The highest BCUT2D eigenvalue weighted by Crippen LogP contribution is 2.42. The number of carbonyl (C=O) groups is 1. The van der Waals surface area contributed by atoms with Crippen molar-refractivity contribution in [2.45, 2.75) is 12.5 Å². The second-order valence-corrected chi connectivity index (χ2v) is 7.51. The minimum atomic E-state index is 0.0946. The number of nitrogens with one attached hydrogen (secondary N) is 2. The van der Waals surface area contributed by atoms with Crippen molar-refractivity contribution in [1.29, 1.82) is 0 Å². The maximum absolute atomic E-state index is 13.2. The van der Waals surface area contributed by atoms with Gasteiger partial charge in [-0.25, -0.2) is 4.98 Å². The summed E-state index contributed by atoms with van der Waals surface area (Å²) in [5, 5.41) is 10.6. The number of pyridine rings is 1. The van der Waals surface area contributed by atoms with Gasteiger partial charge in [-0.3, -0.25) is 14.9 Å². The summed E-state index contributed by atoms with van der Waals surface area (Å²) < 4.78 is 0. The third-order valence-corrected chi connectivity index (χ3v) is 5.80. The molecule has 1 amide bonds. The number of likely N-dealkylation sites (tertiary alicyclic amines) is 1. The quantitative estimate of drug-likeness (QED) is 0.728. The molecule has 3 atom stereocenters. The van der Waals surface area contributed by atoms with Crippen LogP contribution in [0.15, 0.2) is 54.9 Å². The highest BCUT2D eigenvalue weighted by Gasteiger charge is 2.46. The fourth-order valence-electron chi connectivity index (χ4n) is 4.50. The first-order chi connectivity index (χ1) is 13.8. The molecular weight excluding hydrogens is 352 g/mol. The van der Waals surface area contributed by atoms with Crippen LogP contribution in [0.25, 0.3) is 11.4 Å². The number of aromatic amines is 1. The molecule has 0 radical (unpaired) electrons. The monoisotopic (exact) mass is 374 g/mol. The lowest BCUT2D eigenvalue weighted by molar-refractivity contribution is -0.132. The Balaban J connectivity index is 1.36. The van der Waals surface area contributed by atoms with Gasteiger partial charge in [-0.2, -0.15) is 5.10 Å². The minimum absolute atomic E-state index is 0.0946. The number of nitrogens with zero attached hydrogens (tertiary/aromatic N) is 4. The number of aromatic nitrogens is 4. The molecule has 2 aliphatic heterocycles. The zero-order valence-corrected chi connectivity index (χ0v) is 15.5. The Kier molecular flexibility index (Phi) is 4.37. The normalized spacial score (nSPS) is 23.7. The molecule has 28 heavy (non-hydrogen) atoms. The summed E-state index contributed by atoms with van der Waals surface area (Å²) in [6.07, 6.45) is 3.65. The topological polar surface area (TPSA) is 86.8 Å². The first-order valence-electron chi connectivity index (χ1n) is 9.66. The van der Waals surface area contributed by atoms with E-state index in [4.69, 9.17) is 0 Å². The van der Waals surface area contributed by atoms with E-state index in [1.165, 1.54) is 5.56 Å². The van der Waals surface area contributed by atoms with E-state index in [9.17, 15) is 4.79 Å². The second-order valence-electron chi connectivity index (χ2n) is 7.51. The molecule has 5 rings (SSSR count).